The summed E-state index contributed by atoms with van der Waals surface area (Å²) in [6.45, 7) is 0.800. The van der Waals surface area contributed by atoms with Gasteiger partial charge in [0, 0.05) is 6.54 Å². The first-order chi connectivity index (χ1) is 7.85. The summed E-state index contributed by atoms with van der Waals surface area (Å²) in [4.78, 5) is 0. The van der Waals surface area contributed by atoms with Gasteiger partial charge in [0.2, 0.25) is 0 Å². The summed E-state index contributed by atoms with van der Waals surface area (Å²) in [6.07, 6.45) is 5.62. The lowest BCUT2D eigenvalue weighted by Gasteiger charge is -2.31. The standard InChI is InChI=1S/C14H18N2.ClH/c15-12-14(9-5-2-6-10-14)16-11-13-7-3-1-4-8-13;/h1,3-4,7-8,16H,2,5-6,9-11H2;1H. The molecule has 1 aliphatic rings. The van der Waals surface area contributed by atoms with E-state index in [1.165, 1.54) is 24.8 Å². The minimum absolute atomic E-state index is 0. The van der Waals surface area contributed by atoms with Gasteiger partial charge < -0.3 is 0 Å². The third kappa shape index (κ3) is 3.73. The highest BCUT2D eigenvalue weighted by molar-refractivity contribution is 5.85. The lowest BCUT2D eigenvalue weighted by Crippen LogP contribution is -2.44. The predicted octanol–water partition coefficient (Wildman–Crippen LogP) is 3.42. The van der Waals surface area contributed by atoms with Gasteiger partial charge in [0.25, 0.3) is 0 Å². The minimum atomic E-state index is -0.270. The molecule has 1 N–H and O–H groups in total. The normalized spacial score (nSPS) is 17.8. The maximum Gasteiger partial charge on any atom is 0.107 e. The van der Waals surface area contributed by atoms with Crippen LogP contribution >= 0.6 is 12.4 Å². The Balaban J connectivity index is 0.00000144. The molecule has 1 saturated carbocycles. The Bertz CT molecular complexity index is 364. The fraction of sp³-hybridized carbons (Fsp3) is 0.500. The van der Waals surface area contributed by atoms with E-state index in [2.05, 4.69) is 23.5 Å². The Kier molecular flexibility index (Phi) is 5.47. The Morgan fingerprint density at radius 1 is 1.12 bits per heavy atom. The molecule has 2 rings (SSSR count). The van der Waals surface area contributed by atoms with Crippen molar-refractivity contribution in [2.24, 2.45) is 0 Å². The zero-order valence-corrected chi connectivity index (χ0v) is 10.8. The molecule has 1 aliphatic carbocycles. The third-order valence-electron chi connectivity index (χ3n) is 3.39. The van der Waals surface area contributed by atoms with E-state index in [-0.39, 0.29) is 17.9 Å². The Hall–Kier alpha value is -1.04. The summed E-state index contributed by atoms with van der Waals surface area (Å²) in [6, 6.07) is 12.8. The van der Waals surface area contributed by atoms with Crippen LogP contribution in [0.5, 0.6) is 0 Å². The maximum absolute atomic E-state index is 9.31. The van der Waals surface area contributed by atoms with E-state index in [9.17, 15) is 5.26 Å². The van der Waals surface area contributed by atoms with Gasteiger partial charge in [-0.3, -0.25) is 5.32 Å². The van der Waals surface area contributed by atoms with Crippen molar-refractivity contribution in [3.63, 3.8) is 0 Å². The lowest BCUT2D eigenvalue weighted by molar-refractivity contribution is 0.296. The van der Waals surface area contributed by atoms with Crippen LogP contribution in [-0.4, -0.2) is 5.54 Å². The molecule has 0 saturated heterocycles. The molecular weight excluding hydrogens is 232 g/mol. The van der Waals surface area contributed by atoms with Crippen molar-refractivity contribution in [3.8, 4) is 6.07 Å². The Morgan fingerprint density at radius 2 is 1.76 bits per heavy atom. The van der Waals surface area contributed by atoms with Crippen molar-refractivity contribution in [2.75, 3.05) is 0 Å². The Labute approximate surface area is 109 Å². The predicted molar refractivity (Wildman–Crippen MR) is 72.0 cm³/mol. The average molecular weight is 251 g/mol. The average Bonchev–Trinajstić information content (AvgIpc) is 2.39. The molecule has 0 unspecified atom stereocenters. The van der Waals surface area contributed by atoms with Crippen molar-refractivity contribution in [1.29, 1.82) is 5.26 Å². The maximum atomic E-state index is 9.31. The summed E-state index contributed by atoms with van der Waals surface area (Å²) in [5, 5.41) is 12.7. The lowest BCUT2D eigenvalue weighted by atomic mass is 9.83. The fourth-order valence-electron chi connectivity index (χ4n) is 2.35. The second-order valence-electron chi connectivity index (χ2n) is 4.59. The smallest absolute Gasteiger partial charge is 0.107 e. The molecule has 1 aromatic carbocycles. The van der Waals surface area contributed by atoms with Crippen molar-refractivity contribution < 1.29 is 0 Å². The Morgan fingerprint density at radius 3 is 2.35 bits per heavy atom. The number of nitriles is 1. The number of hydrogen-bond donors (Lipinski definition) is 1. The topological polar surface area (TPSA) is 35.8 Å². The van der Waals surface area contributed by atoms with E-state index in [0.29, 0.717) is 0 Å². The van der Waals surface area contributed by atoms with Gasteiger partial charge in [-0.2, -0.15) is 5.26 Å². The highest BCUT2D eigenvalue weighted by Gasteiger charge is 2.30. The van der Waals surface area contributed by atoms with Gasteiger partial charge in [0.15, 0.2) is 0 Å². The molecule has 0 aromatic heterocycles. The van der Waals surface area contributed by atoms with Crippen LogP contribution in [0.1, 0.15) is 37.7 Å². The minimum Gasteiger partial charge on any atom is -0.295 e. The van der Waals surface area contributed by atoms with Crippen LogP contribution in [0.2, 0.25) is 0 Å². The number of nitrogens with zero attached hydrogens (tertiary/aromatic N) is 1. The molecule has 2 nitrogen and oxygen atoms in total. The van der Waals surface area contributed by atoms with Gasteiger partial charge in [-0.15, -0.1) is 12.4 Å². The first-order valence-electron chi connectivity index (χ1n) is 6.05. The van der Waals surface area contributed by atoms with Gasteiger partial charge in [-0.1, -0.05) is 49.6 Å². The van der Waals surface area contributed by atoms with E-state index in [1.807, 2.05) is 18.2 Å². The molecule has 17 heavy (non-hydrogen) atoms. The molecule has 0 heterocycles. The highest BCUT2D eigenvalue weighted by Crippen LogP contribution is 2.27. The summed E-state index contributed by atoms with van der Waals surface area (Å²) < 4.78 is 0. The second-order valence-corrected chi connectivity index (χ2v) is 4.59. The first-order valence-corrected chi connectivity index (χ1v) is 6.05. The van der Waals surface area contributed by atoms with Crippen molar-refractivity contribution >= 4 is 12.4 Å². The molecule has 0 amide bonds. The summed E-state index contributed by atoms with van der Waals surface area (Å²) in [5.74, 6) is 0. The van der Waals surface area contributed by atoms with Crippen molar-refractivity contribution in [3.05, 3.63) is 35.9 Å². The number of benzene rings is 1. The number of hydrogen-bond acceptors (Lipinski definition) is 2. The first kappa shape index (κ1) is 14.0. The summed E-state index contributed by atoms with van der Waals surface area (Å²) >= 11 is 0. The van der Waals surface area contributed by atoms with E-state index >= 15 is 0 Å². The molecule has 0 atom stereocenters. The monoisotopic (exact) mass is 250 g/mol. The zero-order chi connectivity index (χ0) is 11.3. The van der Waals surface area contributed by atoms with Gasteiger partial charge >= 0.3 is 0 Å². The number of nitrogens with one attached hydrogen (secondary N) is 1. The quantitative estimate of drug-likeness (QED) is 0.892. The highest BCUT2D eigenvalue weighted by atomic mass is 35.5. The fourth-order valence-corrected chi connectivity index (χ4v) is 2.35. The molecule has 1 aromatic rings. The second kappa shape index (κ2) is 6.64. The molecule has 1 fully saturated rings. The van der Waals surface area contributed by atoms with Crippen LogP contribution in [0.3, 0.4) is 0 Å². The van der Waals surface area contributed by atoms with Gasteiger partial charge in [-0.05, 0) is 18.4 Å². The number of halogens is 1. The van der Waals surface area contributed by atoms with Gasteiger partial charge in [-0.25, -0.2) is 0 Å². The molecule has 0 aliphatic heterocycles. The third-order valence-corrected chi connectivity index (χ3v) is 3.39. The van der Waals surface area contributed by atoms with Crippen molar-refractivity contribution in [2.45, 2.75) is 44.2 Å². The summed E-state index contributed by atoms with van der Waals surface area (Å²) in [7, 11) is 0. The zero-order valence-electron chi connectivity index (χ0n) is 9.98. The van der Waals surface area contributed by atoms with Crippen LogP contribution in [0.4, 0.5) is 0 Å². The molecular formula is C14H19ClN2. The van der Waals surface area contributed by atoms with Crippen LogP contribution in [0.15, 0.2) is 30.3 Å². The van der Waals surface area contributed by atoms with E-state index in [4.69, 9.17) is 0 Å². The van der Waals surface area contributed by atoms with Crippen LogP contribution < -0.4 is 5.32 Å². The van der Waals surface area contributed by atoms with Crippen molar-refractivity contribution in [1.82, 2.24) is 5.32 Å². The summed E-state index contributed by atoms with van der Waals surface area (Å²) in [5.41, 5.74) is 0.983. The SMILES string of the molecule is Cl.N#CC1(NCc2ccccc2)CCCCC1. The van der Waals surface area contributed by atoms with Crippen LogP contribution in [-0.2, 0) is 6.54 Å². The largest absolute Gasteiger partial charge is 0.295 e. The molecule has 92 valence electrons. The molecule has 0 radical (unpaired) electrons. The molecule has 3 heteroatoms. The van der Waals surface area contributed by atoms with Crippen LogP contribution in [0.25, 0.3) is 0 Å². The molecule has 0 bridgehead atoms. The van der Waals surface area contributed by atoms with E-state index < -0.39 is 0 Å². The number of rotatable bonds is 3. The van der Waals surface area contributed by atoms with Crippen LogP contribution in [0, 0.1) is 11.3 Å². The van der Waals surface area contributed by atoms with Gasteiger partial charge in [0.1, 0.15) is 5.54 Å². The molecule has 0 spiro atoms. The van der Waals surface area contributed by atoms with E-state index in [0.717, 1.165) is 19.4 Å². The van der Waals surface area contributed by atoms with Gasteiger partial charge in [0.05, 0.1) is 6.07 Å². The van der Waals surface area contributed by atoms with E-state index in [1.54, 1.807) is 0 Å².